The molecule has 0 radical (unpaired) electrons. The average Bonchev–Trinajstić information content (AvgIpc) is 3.47. The number of aliphatic hydroxyl groups excluding tert-OH is 2. The van der Waals surface area contributed by atoms with E-state index in [2.05, 4.69) is 18.2 Å². The number of terminal acetylenes is 1. The van der Waals surface area contributed by atoms with E-state index in [-0.39, 0.29) is 23.8 Å². The molecule has 4 N–H and O–H groups in total. The number of nitrogens with zero attached hydrogens (tertiary/aromatic N) is 1. The lowest BCUT2D eigenvalue weighted by molar-refractivity contribution is 0.173. The van der Waals surface area contributed by atoms with E-state index in [1.54, 1.807) is 12.1 Å². The Hall–Kier alpha value is -2.36. The number of benzene rings is 1. The third kappa shape index (κ3) is 18.5. The predicted octanol–water partition coefficient (Wildman–Crippen LogP) is 4.07. The lowest BCUT2D eigenvalue weighted by Gasteiger charge is -2.26. The summed E-state index contributed by atoms with van der Waals surface area (Å²) in [4.78, 5) is 10.8. The van der Waals surface area contributed by atoms with Crippen LogP contribution in [0.2, 0.25) is 0 Å². The molecule has 0 aliphatic carbocycles. The maximum Gasteiger partial charge on any atom is 0.404 e. The van der Waals surface area contributed by atoms with Crippen molar-refractivity contribution in [2.45, 2.75) is 71.7 Å². The monoisotopic (exact) mass is 576 g/mol. The third-order valence-corrected chi connectivity index (χ3v) is 6.98. The van der Waals surface area contributed by atoms with Gasteiger partial charge >= 0.3 is 6.09 Å². The fraction of sp³-hybridized carbons (Fsp3) is 0.679. The van der Waals surface area contributed by atoms with Gasteiger partial charge in [-0.3, -0.25) is 0 Å². The molecule has 10 nitrogen and oxygen atoms in total. The van der Waals surface area contributed by atoms with Crippen LogP contribution in [0.1, 0.15) is 60.8 Å². The minimum atomic E-state index is -3.73. The van der Waals surface area contributed by atoms with Crippen molar-refractivity contribution in [2.75, 3.05) is 46.6 Å². The Bertz CT molecular complexity index is 824. The number of carbonyl (C=O) groups is 1. The van der Waals surface area contributed by atoms with E-state index in [0.717, 1.165) is 26.1 Å². The summed E-state index contributed by atoms with van der Waals surface area (Å²) in [5.74, 6) is 1.29. The zero-order valence-corrected chi connectivity index (χ0v) is 25.6. The average molecular weight is 577 g/mol. The number of methoxy groups -OCH3 is 1. The highest BCUT2D eigenvalue weighted by molar-refractivity contribution is 7.89. The first kappa shape index (κ1) is 41.1. The van der Waals surface area contributed by atoms with Crippen LogP contribution in [-0.4, -0.2) is 86.8 Å². The standard InChI is InChI=1S/C16H26N2O6S.C6H12O2.2C2H6.C2H2/c1-12(2)10-18(9-8-13(11-19)17-16(20)21)25(22,23)15-6-4-14(24-3)5-7-15;7-3-1-6-2-4-8-5-6;3*1-2/h4-7,12-13,17,19H,8-11H2,1-3H3,(H,20,21);6-7H,1-5H2;2*1-2H3;1-2H/t13-;6-;;;/m10.../s1. The smallest absolute Gasteiger partial charge is 0.404 e. The van der Waals surface area contributed by atoms with Crippen molar-refractivity contribution in [1.82, 2.24) is 9.62 Å². The van der Waals surface area contributed by atoms with Crippen molar-refractivity contribution in [1.29, 1.82) is 0 Å². The molecule has 228 valence electrons. The predicted molar refractivity (Wildman–Crippen MR) is 156 cm³/mol. The summed E-state index contributed by atoms with van der Waals surface area (Å²) in [7, 11) is -2.23. The van der Waals surface area contributed by atoms with Gasteiger partial charge < -0.3 is 30.1 Å². The van der Waals surface area contributed by atoms with E-state index in [9.17, 15) is 18.3 Å². The summed E-state index contributed by atoms with van der Waals surface area (Å²) in [6.45, 7) is 13.9. The fourth-order valence-corrected chi connectivity index (χ4v) is 4.91. The van der Waals surface area contributed by atoms with Gasteiger partial charge in [-0.15, -0.1) is 12.8 Å². The van der Waals surface area contributed by atoms with Crippen LogP contribution in [-0.2, 0) is 14.8 Å². The van der Waals surface area contributed by atoms with Crippen LogP contribution in [0.3, 0.4) is 0 Å². The van der Waals surface area contributed by atoms with Gasteiger partial charge in [0.1, 0.15) is 5.75 Å². The summed E-state index contributed by atoms with van der Waals surface area (Å²) in [5, 5.41) is 28.6. The highest BCUT2D eigenvalue weighted by atomic mass is 32.2. The van der Waals surface area contributed by atoms with Crippen LogP contribution in [0.25, 0.3) is 0 Å². The first-order valence-electron chi connectivity index (χ1n) is 13.4. The van der Waals surface area contributed by atoms with Crippen LogP contribution in [0, 0.1) is 24.7 Å². The van der Waals surface area contributed by atoms with E-state index < -0.39 is 28.8 Å². The number of rotatable bonds is 12. The van der Waals surface area contributed by atoms with E-state index in [1.165, 1.54) is 23.5 Å². The molecule has 1 saturated heterocycles. The maximum absolute atomic E-state index is 12.9. The van der Waals surface area contributed by atoms with E-state index in [4.69, 9.17) is 19.7 Å². The Morgan fingerprint density at radius 2 is 1.72 bits per heavy atom. The molecule has 1 amide bonds. The number of aliphatic hydroxyl groups is 2. The molecular formula is C28H52N2O8S. The lowest BCUT2D eigenvalue weighted by Crippen LogP contribution is -2.42. The first-order valence-corrected chi connectivity index (χ1v) is 14.8. The lowest BCUT2D eigenvalue weighted by atomic mass is 10.1. The largest absolute Gasteiger partial charge is 0.497 e. The Balaban J connectivity index is -0.000000765. The van der Waals surface area contributed by atoms with Gasteiger partial charge in [0.15, 0.2) is 0 Å². The summed E-state index contributed by atoms with van der Waals surface area (Å²) in [6.07, 6.45) is 8.97. The molecular weight excluding hydrogens is 524 g/mol. The van der Waals surface area contributed by atoms with Crippen molar-refractivity contribution < 1.29 is 38.0 Å². The molecule has 1 heterocycles. The number of hydrogen-bond donors (Lipinski definition) is 4. The maximum atomic E-state index is 12.9. The number of ether oxygens (including phenoxy) is 2. The van der Waals surface area contributed by atoms with E-state index >= 15 is 0 Å². The van der Waals surface area contributed by atoms with Gasteiger partial charge in [-0.05, 0) is 55.4 Å². The summed E-state index contributed by atoms with van der Waals surface area (Å²) in [5.41, 5.74) is 0. The highest BCUT2D eigenvalue weighted by Crippen LogP contribution is 2.21. The highest BCUT2D eigenvalue weighted by Gasteiger charge is 2.26. The molecule has 1 aliphatic heterocycles. The number of amides is 1. The molecule has 0 unspecified atom stereocenters. The van der Waals surface area contributed by atoms with Crippen LogP contribution < -0.4 is 10.1 Å². The minimum absolute atomic E-state index is 0.0908. The number of nitrogens with one attached hydrogen (secondary N) is 1. The molecule has 0 aromatic heterocycles. The molecule has 1 aromatic carbocycles. The SMILES string of the molecule is C#C.CC.CC.COc1ccc(S(=O)(=O)N(CC[C@H](CO)NC(=O)O)CC(C)C)cc1.OCC[C@H]1CCOC1. The second kappa shape index (κ2) is 25.9. The van der Waals surface area contributed by atoms with Gasteiger partial charge in [0.25, 0.3) is 0 Å². The zero-order chi connectivity index (χ0) is 30.9. The fourth-order valence-electron chi connectivity index (χ4n) is 3.29. The zero-order valence-electron chi connectivity index (χ0n) is 24.8. The molecule has 2 rings (SSSR count). The molecule has 1 aliphatic rings. The normalized spacial score (nSPS) is 14.6. The summed E-state index contributed by atoms with van der Waals surface area (Å²) < 4.78 is 37.2. The Morgan fingerprint density at radius 3 is 2.10 bits per heavy atom. The van der Waals surface area contributed by atoms with Crippen molar-refractivity contribution in [3.8, 4) is 18.6 Å². The second-order valence-corrected chi connectivity index (χ2v) is 10.2. The third-order valence-electron chi connectivity index (χ3n) is 5.10. The Kier molecular flexibility index (Phi) is 27.3. The van der Waals surface area contributed by atoms with Gasteiger partial charge in [-0.2, -0.15) is 4.31 Å². The summed E-state index contributed by atoms with van der Waals surface area (Å²) in [6, 6.07) is 5.37. The molecule has 1 fully saturated rings. The first-order chi connectivity index (χ1) is 18.6. The topological polar surface area (TPSA) is 146 Å². The van der Waals surface area contributed by atoms with Crippen LogP contribution >= 0.6 is 0 Å². The molecule has 0 bridgehead atoms. The molecule has 0 saturated carbocycles. The molecule has 11 heteroatoms. The van der Waals surface area contributed by atoms with E-state index in [0.29, 0.717) is 24.8 Å². The van der Waals surface area contributed by atoms with Gasteiger partial charge in [0, 0.05) is 32.9 Å². The minimum Gasteiger partial charge on any atom is -0.497 e. The quantitative estimate of drug-likeness (QED) is 0.273. The molecule has 2 atom stereocenters. The Labute approximate surface area is 236 Å². The van der Waals surface area contributed by atoms with Crippen LogP contribution in [0.15, 0.2) is 29.2 Å². The van der Waals surface area contributed by atoms with Gasteiger partial charge in [-0.25, -0.2) is 13.2 Å². The van der Waals surface area contributed by atoms with Crippen LogP contribution in [0.5, 0.6) is 5.75 Å². The number of hydrogen-bond acceptors (Lipinski definition) is 7. The van der Waals surface area contributed by atoms with Gasteiger partial charge in [0.2, 0.25) is 10.0 Å². The Morgan fingerprint density at radius 1 is 1.15 bits per heavy atom. The molecule has 39 heavy (non-hydrogen) atoms. The molecule has 1 aromatic rings. The molecule has 0 spiro atoms. The second-order valence-electron chi connectivity index (χ2n) is 8.29. The van der Waals surface area contributed by atoms with Crippen molar-refractivity contribution in [3.63, 3.8) is 0 Å². The summed E-state index contributed by atoms with van der Waals surface area (Å²) >= 11 is 0. The number of sulfonamides is 1. The van der Waals surface area contributed by atoms with Gasteiger partial charge in [0.05, 0.1) is 24.7 Å². The van der Waals surface area contributed by atoms with Crippen molar-refractivity contribution in [3.05, 3.63) is 24.3 Å². The van der Waals surface area contributed by atoms with Crippen LogP contribution in [0.4, 0.5) is 4.79 Å². The van der Waals surface area contributed by atoms with Crippen molar-refractivity contribution in [2.24, 2.45) is 11.8 Å². The van der Waals surface area contributed by atoms with Crippen molar-refractivity contribution >= 4 is 16.1 Å². The number of carboxylic acid groups (broad SMARTS) is 1. The van der Waals surface area contributed by atoms with E-state index in [1.807, 2.05) is 41.5 Å². The van der Waals surface area contributed by atoms with Gasteiger partial charge in [-0.1, -0.05) is 41.5 Å².